The molecule has 0 aromatic carbocycles. The molecule has 4 unspecified atom stereocenters. The topological polar surface area (TPSA) is 231 Å². The van der Waals surface area contributed by atoms with Gasteiger partial charge in [-0.15, -0.1) is 0 Å². The van der Waals surface area contributed by atoms with Gasteiger partial charge in [0.05, 0.1) is 19.8 Å². The summed E-state index contributed by atoms with van der Waals surface area (Å²) in [6.45, 7) is 2.52. The molecule has 0 spiro atoms. The van der Waals surface area contributed by atoms with Crippen LogP contribution in [0.1, 0.15) is 162 Å². The van der Waals surface area contributed by atoms with E-state index in [1.165, 1.54) is 70.6 Å². The first kappa shape index (κ1) is 53.4. The molecule has 15 heteroatoms. The molecule has 7 N–H and O–H groups in total. The predicted molar refractivity (Wildman–Crippen MR) is 220 cm³/mol. The summed E-state index contributed by atoms with van der Waals surface area (Å²) in [6, 6.07) is 0. The Kier molecular flexibility index (Phi) is 29.8. The molecular formula is C44H80O15. The van der Waals surface area contributed by atoms with Gasteiger partial charge in [-0.3, -0.25) is 9.59 Å². The molecule has 0 aromatic rings. The normalized spacial score (nSPS) is 27.9. The molecule has 2 heterocycles. The molecule has 346 valence electrons. The number of aliphatic hydroxyl groups is 7. The molecule has 11 atom stereocenters. The van der Waals surface area contributed by atoms with Crippen molar-refractivity contribution in [1.82, 2.24) is 0 Å². The molecule has 0 aromatic heterocycles. The maximum absolute atomic E-state index is 12.9. The van der Waals surface area contributed by atoms with Gasteiger partial charge in [-0.2, -0.15) is 0 Å². The van der Waals surface area contributed by atoms with Crippen molar-refractivity contribution in [3.63, 3.8) is 0 Å². The van der Waals surface area contributed by atoms with E-state index >= 15 is 0 Å². The fourth-order valence-corrected chi connectivity index (χ4v) is 7.15. The standard InChI is InChI=1S/C44H80O15/c1-3-5-7-9-11-13-14-15-16-17-18-19-21-23-25-27-36(47)57-32(29-54-35(46)26-24-22-20-12-10-8-6-4-2)30-55-43-42(53)40(51)38(49)34(59-43)31-56-44-41(52)39(50)37(48)33(28-45)58-44/h13-14,32-34,37-45,48-53H,3-12,15-31H2,1-2H3/b14-13+/t32-,33-,34-,37+,38+,39?,40?,41?,42?,43-,44-/m1/s1. The molecule has 2 rings (SSSR count). The molecule has 15 nitrogen and oxygen atoms in total. The van der Waals surface area contributed by atoms with Crippen LogP contribution in [0.4, 0.5) is 0 Å². The number of allylic oxidation sites excluding steroid dienone is 2. The van der Waals surface area contributed by atoms with Crippen LogP contribution in [-0.4, -0.2) is 142 Å². The number of aliphatic hydroxyl groups excluding tert-OH is 7. The average Bonchev–Trinajstić information content (AvgIpc) is 3.23. The van der Waals surface area contributed by atoms with Crippen molar-refractivity contribution in [1.29, 1.82) is 0 Å². The number of esters is 2. The van der Waals surface area contributed by atoms with E-state index in [-0.39, 0.29) is 26.1 Å². The quantitative estimate of drug-likeness (QED) is 0.0266. The van der Waals surface area contributed by atoms with Crippen LogP contribution in [0.25, 0.3) is 0 Å². The molecule has 59 heavy (non-hydrogen) atoms. The molecule has 0 saturated carbocycles. The third kappa shape index (κ3) is 22.2. The average molecular weight is 849 g/mol. The Morgan fingerprint density at radius 3 is 1.51 bits per heavy atom. The first-order chi connectivity index (χ1) is 28.5. The van der Waals surface area contributed by atoms with Crippen molar-refractivity contribution in [3.05, 3.63) is 12.2 Å². The zero-order valence-corrected chi connectivity index (χ0v) is 36.0. The molecule has 0 radical (unpaired) electrons. The van der Waals surface area contributed by atoms with Crippen LogP contribution >= 0.6 is 0 Å². The number of unbranched alkanes of at least 4 members (excludes halogenated alkanes) is 18. The van der Waals surface area contributed by atoms with Crippen LogP contribution in [0.2, 0.25) is 0 Å². The number of carbonyl (C=O) groups is 2. The fraction of sp³-hybridized carbons (Fsp3) is 0.909. The van der Waals surface area contributed by atoms with E-state index < -0.39 is 92.7 Å². The van der Waals surface area contributed by atoms with Crippen LogP contribution in [0.3, 0.4) is 0 Å². The van der Waals surface area contributed by atoms with Gasteiger partial charge in [0.15, 0.2) is 18.7 Å². The highest BCUT2D eigenvalue weighted by Gasteiger charge is 2.47. The third-order valence-electron chi connectivity index (χ3n) is 11.0. The zero-order valence-electron chi connectivity index (χ0n) is 36.0. The summed E-state index contributed by atoms with van der Waals surface area (Å²) >= 11 is 0. The van der Waals surface area contributed by atoms with Gasteiger partial charge in [0.1, 0.15) is 55.4 Å². The lowest BCUT2D eigenvalue weighted by Crippen LogP contribution is -2.61. The molecule has 0 bridgehead atoms. The number of carbonyl (C=O) groups excluding carboxylic acids is 2. The Hall–Kier alpha value is -1.76. The van der Waals surface area contributed by atoms with E-state index in [1.807, 2.05) is 0 Å². The minimum atomic E-state index is -1.76. The van der Waals surface area contributed by atoms with E-state index in [2.05, 4.69) is 26.0 Å². The van der Waals surface area contributed by atoms with Crippen molar-refractivity contribution < 1.29 is 73.8 Å². The molecule has 2 aliphatic heterocycles. The van der Waals surface area contributed by atoms with E-state index in [4.69, 9.17) is 28.4 Å². The highest BCUT2D eigenvalue weighted by molar-refractivity contribution is 5.70. The summed E-state index contributed by atoms with van der Waals surface area (Å²) in [5, 5.41) is 71.7. The second-order valence-electron chi connectivity index (χ2n) is 16.2. The summed E-state index contributed by atoms with van der Waals surface area (Å²) < 4.78 is 33.4. The summed E-state index contributed by atoms with van der Waals surface area (Å²) in [7, 11) is 0. The van der Waals surface area contributed by atoms with Crippen molar-refractivity contribution in [2.24, 2.45) is 0 Å². The fourth-order valence-electron chi connectivity index (χ4n) is 7.15. The summed E-state index contributed by atoms with van der Waals surface area (Å²) in [5.74, 6) is -0.932. The Labute approximate surface area is 352 Å². The lowest BCUT2D eigenvalue weighted by Gasteiger charge is -2.42. The number of rotatable bonds is 34. The van der Waals surface area contributed by atoms with E-state index in [9.17, 15) is 45.3 Å². The smallest absolute Gasteiger partial charge is 0.306 e. The maximum Gasteiger partial charge on any atom is 0.306 e. The highest BCUT2D eigenvalue weighted by atomic mass is 16.7. The van der Waals surface area contributed by atoms with Crippen LogP contribution < -0.4 is 0 Å². The summed E-state index contributed by atoms with van der Waals surface area (Å²) in [6.07, 6.45) is 11.3. The maximum atomic E-state index is 12.9. The van der Waals surface area contributed by atoms with Crippen molar-refractivity contribution in [2.45, 2.75) is 229 Å². The Morgan fingerprint density at radius 2 is 0.966 bits per heavy atom. The third-order valence-corrected chi connectivity index (χ3v) is 11.0. The van der Waals surface area contributed by atoms with Gasteiger partial charge >= 0.3 is 11.9 Å². The van der Waals surface area contributed by atoms with Gasteiger partial charge in [0, 0.05) is 12.8 Å². The first-order valence-electron chi connectivity index (χ1n) is 22.8. The number of hydrogen-bond donors (Lipinski definition) is 7. The van der Waals surface area contributed by atoms with E-state index in [0.29, 0.717) is 12.8 Å². The summed E-state index contributed by atoms with van der Waals surface area (Å²) in [4.78, 5) is 25.5. The minimum Gasteiger partial charge on any atom is -0.462 e. The highest BCUT2D eigenvalue weighted by Crippen LogP contribution is 2.26. The van der Waals surface area contributed by atoms with Crippen molar-refractivity contribution in [3.8, 4) is 0 Å². The van der Waals surface area contributed by atoms with Gasteiger partial charge in [0.2, 0.25) is 0 Å². The molecule has 2 fully saturated rings. The number of hydrogen-bond acceptors (Lipinski definition) is 15. The van der Waals surface area contributed by atoms with E-state index in [1.54, 1.807) is 0 Å². The lowest BCUT2D eigenvalue weighted by atomic mass is 9.98. The van der Waals surface area contributed by atoms with Crippen molar-refractivity contribution >= 4 is 11.9 Å². The second kappa shape index (κ2) is 32.9. The lowest BCUT2D eigenvalue weighted by molar-refractivity contribution is -0.332. The molecule has 2 aliphatic rings. The van der Waals surface area contributed by atoms with Gasteiger partial charge in [0.25, 0.3) is 0 Å². The Bertz CT molecular complexity index is 1090. The van der Waals surface area contributed by atoms with E-state index in [0.717, 1.165) is 51.4 Å². The Balaban J connectivity index is 1.84. The molecular weight excluding hydrogens is 768 g/mol. The van der Waals surface area contributed by atoms with Gasteiger partial charge in [-0.25, -0.2) is 0 Å². The van der Waals surface area contributed by atoms with Crippen LogP contribution in [-0.2, 0) is 38.0 Å². The van der Waals surface area contributed by atoms with Gasteiger partial charge in [-0.1, -0.05) is 122 Å². The zero-order chi connectivity index (χ0) is 43.3. The SMILES string of the molecule is CCCCCC/C=C/CCCCCCCCCC(=O)O[C@H](COC(=O)CCCCCCCCCC)CO[C@@H]1O[C@H](CO[C@@H]2O[C@H](CO)[C@H](O)C(O)C2O)[C@H](O)C(O)C1O. The largest absolute Gasteiger partial charge is 0.462 e. The minimum absolute atomic E-state index is 0.163. The van der Waals surface area contributed by atoms with Crippen LogP contribution in [0.15, 0.2) is 12.2 Å². The van der Waals surface area contributed by atoms with Gasteiger partial charge < -0.3 is 64.2 Å². The monoisotopic (exact) mass is 849 g/mol. The Morgan fingerprint density at radius 1 is 0.525 bits per heavy atom. The van der Waals surface area contributed by atoms with Crippen LogP contribution in [0.5, 0.6) is 0 Å². The van der Waals surface area contributed by atoms with Gasteiger partial charge in [-0.05, 0) is 38.5 Å². The molecule has 0 aliphatic carbocycles. The number of ether oxygens (including phenoxy) is 6. The molecule has 0 amide bonds. The predicted octanol–water partition coefficient (Wildman–Crippen LogP) is 4.65. The second-order valence-corrected chi connectivity index (χ2v) is 16.2. The summed E-state index contributed by atoms with van der Waals surface area (Å²) in [5.41, 5.74) is 0. The molecule has 2 saturated heterocycles. The van der Waals surface area contributed by atoms with Crippen molar-refractivity contribution in [2.75, 3.05) is 26.4 Å². The first-order valence-corrected chi connectivity index (χ1v) is 22.8. The van der Waals surface area contributed by atoms with Crippen LogP contribution in [0, 0.1) is 0 Å².